The van der Waals surface area contributed by atoms with Crippen LogP contribution in [0.15, 0.2) is 48.5 Å². The van der Waals surface area contributed by atoms with E-state index in [0.29, 0.717) is 28.9 Å². The molecule has 0 radical (unpaired) electrons. The molecule has 0 aliphatic heterocycles. The Morgan fingerprint density at radius 1 is 0.658 bits per heavy atom. The highest BCUT2D eigenvalue weighted by atomic mass is 16.3. The minimum absolute atomic E-state index is 0.217. The summed E-state index contributed by atoms with van der Waals surface area (Å²) >= 11 is 0. The van der Waals surface area contributed by atoms with Gasteiger partial charge in [-0.1, -0.05) is 128 Å². The number of hydrogen-bond donors (Lipinski definition) is 3. The predicted molar refractivity (Wildman–Crippen MR) is 159 cm³/mol. The zero-order valence-electron chi connectivity index (χ0n) is 23.6. The summed E-state index contributed by atoms with van der Waals surface area (Å²) < 4.78 is 0. The standard InChI is InChI=1S/C33H50N2O3/c1-2-3-4-5-6-7-8-9-10-11-12-13-14-15-16-20-25-34-33(38)31-26-30(24-23-29(31)27-36)35-32(37)28-21-18-17-19-22-28/h17-19,21-24,26,36H,2-16,20,25,27H2,1H3,(H,34,38)(H,35,37). The van der Waals surface area contributed by atoms with Crippen LogP contribution < -0.4 is 10.6 Å². The fourth-order valence-electron chi connectivity index (χ4n) is 4.77. The first kappa shape index (κ1) is 31.6. The molecular weight excluding hydrogens is 472 g/mol. The molecule has 0 aliphatic carbocycles. The van der Waals surface area contributed by atoms with E-state index in [0.717, 1.165) is 12.8 Å². The van der Waals surface area contributed by atoms with Gasteiger partial charge in [0.2, 0.25) is 0 Å². The highest BCUT2D eigenvalue weighted by molar-refractivity contribution is 6.05. The number of nitrogens with one attached hydrogen (secondary N) is 2. The second-order valence-electron chi connectivity index (χ2n) is 10.4. The van der Waals surface area contributed by atoms with Crippen LogP contribution in [0.25, 0.3) is 0 Å². The van der Waals surface area contributed by atoms with E-state index in [9.17, 15) is 14.7 Å². The molecule has 0 fully saturated rings. The molecule has 0 spiro atoms. The van der Waals surface area contributed by atoms with Crippen molar-refractivity contribution >= 4 is 17.5 Å². The molecule has 210 valence electrons. The molecule has 2 amide bonds. The number of carbonyl (C=O) groups excluding carboxylic acids is 2. The number of benzene rings is 2. The fourth-order valence-corrected chi connectivity index (χ4v) is 4.77. The summed E-state index contributed by atoms with van der Waals surface area (Å²) in [4.78, 5) is 25.2. The normalized spacial score (nSPS) is 10.9. The van der Waals surface area contributed by atoms with Crippen molar-refractivity contribution in [2.24, 2.45) is 0 Å². The molecule has 0 atom stereocenters. The number of carbonyl (C=O) groups is 2. The Labute approximate surface area is 230 Å². The second-order valence-corrected chi connectivity index (χ2v) is 10.4. The van der Waals surface area contributed by atoms with E-state index in [4.69, 9.17) is 0 Å². The summed E-state index contributed by atoms with van der Waals surface area (Å²) in [5.74, 6) is -0.451. The van der Waals surface area contributed by atoms with Gasteiger partial charge in [-0.3, -0.25) is 9.59 Å². The molecule has 0 aromatic heterocycles. The van der Waals surface area contributed by atoms with Crippen LogP contribution in [0.5, 0.6) is 0 Å². The average molecular weight is 523 g/mol. The van der Waals surface area contributed by atoms with E-state index in [1.54, 1.807) is 42.5 Å². The SMILES string of the molecule is CCCCCCCCCCCCCCCCCCNC(=O)c1cc(NC(=O)c2ccccc2)ccc1CO. The van der Waals surface area contributed by atoms with Gasteiger partial charge in [-0.05, 0) is 36.2 Å². The first-order valence-corrected chi connectivity index (χ1v) is 15.0. The van der Waals surface area contributed by atoms with Crippen LogP contribution in [-0.2, 0) is 6.61 Å². The number of aliphatic hydroxyl groups excluding tert-OH is 1. The van der Waals surface area contributed by atoms with E-state index < -0.39 is 0 Å². The first-order valence-electron chi connectivity index (χ1n) is 15.0. The van der Waals surface area contributed by atoms with Gasteiger partial charge >= 0.3 is 0 Å². The maximum atomic E-state index is 12.8. The highest BCUT2D eigenvalue weighted by Crippen LogP contribution is 2.18. The Bertz CT molecular complexity index is 914. The monoisotopic (exact) mass is 522 g/mol. The molecule has 2 aromatic carbocycles. The lowest BCUT2D eigenvalue weighted by molar-refractivity contribution is 0.0948. The molecule has 0 bridgehead atoms. The van der Waals surface area contributed by atoms with Gasteiger partial charge in [-0.15, -0.1) is 0 Å². The third-order valence-corrected chi connectivity index (χ3v) is 7.13. The zero-order chi connectivity index (χ0) is 27.3. The van der Waals surface area contributed by atoms with Crippen LogP contribution in [0.2, 0.25) is 0 Å². The first-order chi connectivity index (χ1) is 18.7. The Morgan fingerprint density at radius 2 is 1.18 bits per heavy atom. The number of rotatable bonds is 21. The smallest absolute Gasteiger partial charge is 0.255 e. The highest BCUT2D eigenvalue weighted by Gasteiger charge is 2.13. The van der Waals surface area contributed by atoms with Gasteiger partial charge in [0.25, 0.3) is 11.8 Å². The number of unbranched alkanes of at least 4 members (excludes halogenated alkanes) is 15. The molecule has 0 heterocycles. The topological polar surface area (TPSA) is 78.4 Å². The van der Waals surface area contributed by atoms with Crippen molar-refractivity contribution in [3.05, 3.63) is 65.2 Å². The minimum Gasteiger partial charge on any atom is -0.392 e. The molecule has 38 heavy (non-hydrogen) atoms. The lowest BCUT2D eigenvalue weighted by Crippen LogP contribution is -2.26. The number of aliphatic hydroxyl groups is 1. The minimum atomic E-state index is -0.234. The van der Waals surface area contributed by atoms with Crippen molar-refractivity contribution in [3.8, 4) is 0 Å². The Hall–Kier alpha value is -2.66. The lowest BCUT2D eigenvalue weighted by Gasteiger charge is -2.12. The lowest BCUT2D eigenvalue weighted by atomic mass is 10.0. The molecule has 0 saturated heterocycles. The maximum Gasteiger partial charge on any atom is 0.255 e. The molecule has 0 unspecified atom stereocenters. The summed E-state index contributed by atoms with van der Waals surface area (Å²) in [5, 5.41) is 15.5. The molecule has 0 aliphatic rings. The van der Waals surface area contributed by atoms with E-state index >= 15 is 0 Å². The second kappa shape index (κ2) is 20.3. The Morgan fingerprint density at radius 3 is 1.71 bits per heavy atom. The van der Waals surface area contributed by atoms with Crippen molar-refractivity contribution in [1.82, 2.24) is 5.32 Å². The van der Waals surface area contributed by atoms with Gasteiger partial charge in [0.05, 0.1) is 6.61 Å². The summed E-state index contributed by atoms with van der Waals surface area (Å²) in [6.07, 6.45) is 21.1. The van der Waals surface area contributed by atoms with Crippen LogP contribution in [0.4, 0.5) is 5.69 Å². The van der Waals surface area contributed by atoms with Gasteiger partial charge < -0.3 is 15.7 Å². The van der Waals surface area contributed by atoms with E-state index in [1.165, 1.54) is 89.9 Å². The van der Waals surface area contributed by atoms with Crippen LogP contribution in [-0.4, -0.2) is 23.5 Å². The van der Waals surface area contributed by atoms with Gasteiger partial charge in [0.1, 0.15) is 0 Å². The van der Waals surface area contributed by atoms with E-state index in [-0.39, 0.29) is 18.4 Å². The largest absolute Gasteiger partial charge is 0.392 e. The Balaban J connectivity index is 1.54. The maximum absolute atomic E-state index is 12.8. The van der Waals surface area contributed by atoms with Crippen LogP contribution in [0.3, 0.4) is 0 Å². The van der Waals surface area contributed by atoms with E-state index in [2.05, 4.69) is 17.6 Å². The van der Waals surface area contributed by atoms with Gasteiger partial charge in [0.15, 0.2) is 0 Å². The van der Waals surface area contributed by atoms with Gasteiger partial charge in [-0.25, -0.2) is 0 Å². The summed E-state index contributed by atoms with van der Waals surface area (Å²) in [6, 6.07) is 14.0. The third kappa shape index (κ3) is 13.2. The average Bonchev–Trinajstić information content (AvgIpc) is 2.95. The van der Waals surface area contributed by atoms with E-state index in [1.807, 2.05) is 6.07 Å². The molecule has 3 N–H and O–H groups in total. The summed E-state index contributed by atoms with van der Waals surface area (Å²) in [6.45, 7) is 2.66. The van der Waals surface area contributed by atoms with Crippen molar-refractivity contribution in [1.29, 1.82) is 0 Å². The quantitative estimate of drug-likeness (QED) is 0.144. The van der Waals surface area contributed by atoms with Gasteiger partial charge in [0, 0.05) is 23.4 Å². The molecule has 5 nitrogen and oxygen atoms in total. The predicted octanol–water partition coefficient (Wildman–Crippen LogP) is 8.42. The molecule has 0 saturated carbocycles. The van der Waals surface area contributed by atoms with Crippen LogP contribution in [0, 0.1) is 0 Å². The summed E-state index contributed by atoms with van der Waals surface area (Å²) in [5.41, 5.74) is 2.03. The number of amides is 2. The fraction of sp³-hybridized carbons (Fsp3) is 0.576. The molecular formula is C33H50N2O3. The van der Waals surface area contributed by atoms with Crippen LogP contribution >= 0.6 is 0 Å². The zero-order valence-corrected chi connectivity index (χ0v) is 23.6. The van der Waals surface area contributed by atoms with Crippen molar-refractivity contribution in [3.63, 3.8) is 0 Å². The van der Waals surface area contributed by atoms with Crippen LogP contribution in [0.1, 0.15) is 136 Å². The van der Waals surface area contributed by atoms with Crippen molar-refractivity contribution in [2.45, 2.75) is 116 Å². The van der Waals surface area contributed by atoms with Crippen molar-refractivity contribution in [2.75, 3.05) is 11.9 Å². The summed E-state index contributed by atoms with van der Waals surface area (Å²) in [7, 11) is 0. The Kier molecular flexibility index (Phi) is 16.9. The molecule has 2 aromatic rings. The molecule has 2 rings (SSSR count). The third-order valence-electron chi connectivity index (χ3n) is 7.13. The van der Waals surface area contributed by atoms with Gasteiger partial charge in [-0.2, -0.15) is 0 Å². The number of hydrogen-bond acceptors (Lipinski definition) is 3. The molecule has 5 heteroatoms. The number of anilines is 1. The van der Waals surface area contributed by atoms with Crippen molar-refractivity contribution < 1.29 is 14.7 Å².